The number of benzene rings is 1. The molecule has 1 aromatic heterocycles. The zero-order chi connectivity index (χ0) is 21.7. The van der Waals surface area contributed by atoms with Crippen LogP contribution in [-0.4, -0.2) is 48.9 Å². The molecule has 1 aromatic carbocycles. The molecule has 0 radical (unpaired) electrons. The Kier molecular flexibility index (Phi) is 7.66. The van der Waals surface area contributed by atoms with Crippen LogP contribution in [-0.2, 0) is 4.79 Å². The highest BCUT2D eigenvalue weighted by Gasteiger charge is 2.23. The monoisotopic (exact) mass is 450 g/mol. The van der Waals surface area contributed by atoms with Crippen molar-refractivity contribution < 1.29 is 14.3 Å². The van der Waals surface area contributed by atoms with E-state index in [0.29, 0.717) is 34.0 Å². The number of ether oxygens (including phenoxy) is 2. The van der Waals surface area contributed by atoms with E-state index in [4.69, 9.17) is 21.1 Å². The van der Waals surface area contributed by atoms with E-state index in [-0.39, 0.29) is 11.7 Å². The third-order valence-electron chi connectivity index (χ3n) is 4.92. The van der Waals surface area contributed by atoms with Gasteiger partial charge in [0.1, 0.15) is 28.7 Å². The molecule has 1 N–H and O–H groups in total. The van der Waals surface area contributed by atoms with Gasteiger partial charge in [-0.05, 0) is 24.3 Å². The Morgan fingerprint density at radius 2 is 1.87 bits per heavy atom. The summed E-state index contributed by atoms with van der Waals surface area (Å²) in [7, 11) is 3.05. The van der Waals surface area contributed by atoms with Crippen molar-refractivity contribution in [3.63, 3.8) is 0 Å². The number of halogens is 1. The number of amides is 1. The Bertz CT molecular complexity index is 889. The van der Waals surface area contributed by atoms with Crippen LogP contribution in [0.1, 0.15) is 20.3 Å². The number of carbonyl (C=O) groups is 1. The van der Waals surface area contributed by atoms with Crippen LogP contribution in [0.3, 0.4) is 0 Å². The van der Waals surface area contributed by atoms with Crippen LogP contribution in [0.15, 0.2) is 29.6 Å². The molecule has 0 spiro atoms. The Morgan fingerprint density at radius 1 is 1.17 bits per heavy atom. The molecule has 2 heterocycles. The quantitative estimate of drug-likeness (QED) is 0.496. The summed E-state index contributed by atoms with van der Waals surface area (Å²) in [6, 6.07) is 5.21. The van der Waals surface area contributed by atoms with Gasteiger partial charge in [-0.25, -0.2) is 9.97 Å². The minimum absolute atomic E-state index is 0.181. The van der Waals surface area contributed by atoms with Crippen molar-refractivity contribution in [1.82, 2.24) is 9.97 Å². The molecule has 1 saturated heterocycles. The number of piperidine rings is 1. The average molecular weight is 451 g/mol. The first-order valence-corrected chi connectivity index (χ1v) is 11.2. The molecule has 1 fully saturated rings. The Morgan fingerprint density at radius 3 is 2.53 bits per heavy atom. The van der Waals surface area contributed by atoms with Gasteiger partial charge in [-0.3, -0.25) is 4.79 Å². The fourth-order valence-corrected chi connectivity index (χ4v) is 4.62. The molecule has 0 unspecified atom stereocenters. The Labute approximate surface area is 186 Å². The van der Waals surface area contributed by atoms with Crippen LogP contribution in [0.4, 0.5) is 11.5 Å². The number of thioether (sulfide) groups is 1. The van der Waals surface area contributed by atoms with Gasteiger partial charge >= 0.3 is 0 Å². The molecule has 2 aromatic rings. The third-order valence-corrected chi connectivity index (χ3v) is 6.14. The predicted molar refractivity (Wildman–Crippen MR) is 121 cm³/mol. The van der Waals surface area contributed by atoms with E-state index in [9.17, 15) is 4.79 Å². The summed E-state index contributed by atoms with van der Waals surface area (Å²) in [4.78, 5) is 23.5. The molecule has 0 aliphatic carbocycles. The van der Waals surface area contributed by atoms with Crippen LogP contribution in [0.5, 0.6) is 11.5 Å². The molecule has 3 rings (SSSR count). The zero-order valence-electron chi connectivity index (χ0n) is 17.6. The number of rotatable bonds is 7. The van der Waals surface area contributed by atoms with Crippen LogP contribution >= 0.6 is 23.4 Å². The van der Waals surface area contributed by atoms with Gasteiger partial charge in [-0.1, -0.05) is 37.2 Å². The van der Waals surface area contributed by atoms with Crippen LogP contribution in [0, 0.1) is 11.8 Å². The van der Waals surface area contributed by atoms with Crippen molar-refractivity contribution in [3.8, 4) is 11.5 Å². The van der Waals surface area contributed by atoms with Gasteiger partial charge in [0.2, 0.25) is 5.91 Å². The fourth-order valence-electron chi connectivity index (χ4n) is 3.72. The van der Waals surface area contributed by atoms with Crippen molar-refractivity contribution >= 4 is 40.8 Å². The fraction of sp³-hybridized carbons (Fsp3) is 0.476. The summed E-state index contributed by atoms with van der Waals surface area (Å²) in [6.07, 6.45) is 2.80. The number of aromatic nitrogens is 2. The largest absolute Gasteiger partial charge is 0.495 e. The summed E-state index contributed by atoms with van der Waals surface area (Å²) in [6.45, 7) is 6.51. The highest BCUT2D eigenvalue weighted by atomic mass is 35.5. The van der Waals surface area contributed by atoms with E-state index in [2.05, 4.69) is 34.0 Å². The minimum Gasteiger partial charge on any atom is -0.495 e. The van der Waals surface area contributed by atoms with Gasteiger partial charge in [0, 0.05) is 25.2 Å². The predicted octanol–water partition coefficient (Wildman–Crippen LogP) is 4.36. The lowest BCUT2D eigenvalue weighted by Gasteiger charge is -2.35. The number of nitrogens with one attached hydrogen (secondary N) is 1. The van der Waals surface area contributed by atoms with E-state index in [1.54, 1.807) is 18.5 Å². The molecule has 0 bridgehead atoms. The molecular weight excluding hydrogens is 424 g/mol. The van der Waals surface area contributed by atoms with Gasteiger partial charge in [-0.15, -0.1) is 0 Å². The summed E-state index contributed by atoms with van der Waals surface area (Å²) in [5.41, 5.74) is 0.494. The van der Waals surface area contributed by atoms with Crippen LogP contribution in [0.2, 0.25) is 5.02 Å². The number of hydrogen-bond donors (Lipinski definition) is 1. The Balaban J connectivity index is 1.62. The van der Waals surface area contributed by atoms with E-state index >= 15 is 0 Å². The van der Waals surface area contributed by atoms with Crippen molar-refractivity contribution in [2.75, 3.05) is 43.3 Å². The molecule has 2 atom stereocenters. The van der Waals surface area contributed by atoms with Gasteiger partial charge in [0.25, 0.3) is 0 Å². The number of nitrogens with zero attached hydrogens (tertiary/aromatic N) is 3. The first kappa shape index (κ1) is 22.5. The minimum atomic E-state index is -0.181. The Hall–Kier alpha value is -2.19. The highest BCUT2D eigenvalue weighted by Crippen LogP contribution is 2.36. The molecule has 0 saturated carbocycles. The van der Waals surface area contributed by atoms with E-state index in [1.807, 2.05) is 6.07 Å². The zero-order valence-corrected chi connectivity index (χ0v) is 19.2. The molecule has 7 nitrogen and oxygen atoms in total. The number of hydrogen-bond acceptors (Lipinski definition) is 7. The first-order valence-electron chi connectivity index (χ1n) is 9.80. The maximum atomic E-state index is 12.5. The molecule has 162 valence electrons. The number of methoxy groups -OCH3 is 2. The van der Waals surface area contributed by atoms with Crippen LogP contribution in [0.25, 0.3) is 0 Å². The normalized spacial score (nSPS) is 18.8. The maximum absolute atomic E-state index is 12.5. The summed E-state index contributed by atoms with van der Waals surface area (Å²) < 4.78 is 10.5. The summed E-state index contributed by atoms with van der Waals surface area (Å²) >= 11 is 7.53. The van der Waals surface area contributed by atoms with E-state index < -0.39 is 0 Å². The van der Waals surface area contributed by atoms with Crippen molar-refractivity contribution in [1.29, 1.82) is 0 Å². The number of carbonyl (C=O) groups excluding carboxylic acids is 1. The van der Waals surface area contributed by atoms with Gasteiger partial charge in [-0.2, -0.15) is 0 Å². The second-order valence-corrected chi connectivity index (χ2v) is 8.99. The third kappa shape index (κ3) is 5.70. The van der Waals surface area contributed by atoms with Crippen molar-refractivity contribution in [2.45, 2.75) is 25.3 Å². The average Bonchev–Trinajstić information content (AvgIpc) is 2.72. The van der Waals surface area contributed by atoms with E-state index in [1.165, 1.54) is 32.4 Å². The second-order valence-electron chi connectivity index (χ2n) is 7.59. The molecule has 30 heavy (non-hydrogen) atoms. The molecule has 9 heteroatoms. The first-order chi connectivity index (χ1) is 14.4. The van der Waals surface area contributed by atoms with Crippen molar-refractivity contribution in [2.24, 2.45) is 11.8 Å². The topological polar surface area (TPSA) is 76.6 Å². The van der Waals surface area contributed by atoms with Gasteiger partial charge in [0.05, 0.1) is 30.7 Å². The van der Waals surface area contributed by atoms with Crippen LogP contribution < -0.4 is 19.7 Å². The lowest BCUT2D eigenvalue weighted by Crippen LogP contribution is -2.39. The van der Waals surface area contributed by atoms with E-state index in [0.717, 1.165) is 23.9 Å². The lowest BCUT2D eigenvalue weighted by molar-refractivity contribution is -0.113. The van der Waals surface area contributed by atoms with Gasteiger partial charge in [0.15, 0.2) is 0 Å². The second kappa shape index (κ2) is 10.2. The highest BCUT2D eigenvalue weighted by molar-refractivity contribution is 7.99. The summed E-state index contributed by atoms with van der Waals surface area (Å²) in [5.74, 6) is 3.17. The smallest absolute Gasteiger partial charge is 0.234 e. The van der Waals surface area contributed by atoms with Crippen molar-refractivity contribution in [3.05, 3.63) is 29.5 Å². The number of anilines is 2. The molecule has 1 aliphatic rings. The molecular formula is C21H27ClN4O3S. The SMILES string of the molecule is COc1cc(OC)c(NC(=O)CSc2cc(N3C[C@H](C)C[C@@H](C)C3)ncn2)cc1Cl. The van der Waals surface area contributed by atoms with Gasteiger partial charge < -0.3 is 19.7 Å². The summed E-state index contributed by atoms with van der Waals surface area (Å²) in [5, 5.41) is 3.99. The standard InChI is InChI=1S/C21H27ClN4O3S/c1-13-5-14(2)10-26(9-13)19-8-21(24-12-23-19)30-11-20(27)25-16-6-15(22)17(28-3)7-18(16)29-4/h6-8,12-14H,5,9-11H2,1-4H3,(H,25,27)/t13-,14-/m1/s1. The maximum Gasteiger partial charge on any atom is 0.234 e. The lowest BCUT2D eigenvalue weighted by atomic mass is 9.92. The molecule has 1 aliphatic heterocycles. The molecule has 1 amide bonds.